The molecule has 1 aliphatic rings. The van der Waals surface area contributed by atoms with Gasteiger partial charge in [0.05, 0.1) is 34.8 Å². The first kappa shape index (κ1) is 21.5. The number of ether oxygens (including phenoxy) is 1. The van der Waals surface area contributed by atoms with Crippen molar-refractivity contribution < 1.29 is 17.9 Å². The highest BCUT2D eigenvalue weighted by atomic mass is 32.2. The van der Waals surface area contributed by atoms with Gasteiger partial charge >= 0.3 is 5.97 Å². The second kappa shape index (κ2) is 8.39. The van der Waals surface area contributed by atoms with E-state index in [0.717, 1.165) is 23.4 Å². The summed E-state index contributed by atoms with van der Waals surface area (Å²) in [6.07, 6.45) is 4.19. The molecule has 1 fully saturated rings. The Kier molecular flexibility index (Phi) is 5.81. The topological polar surface area (TPSA) is 94.4 Å². The molecule has 0 spiro atoms. The first-order chi connectivity index (χ1) is 14.8. The number of benzene rings is 1. The summed E-state index contributed by atoms with van der Waals surface area (Å²) in [6, 6.07) is 8.05. The van der Waals surface area contributed by atoms with E-state index in [1.807, 2.05) is 12.3 Å². The van der Waals surface area contributed by atoms with Crippen LogP contribution in [0.5, 0.6) is 0 Å². The summed E-state index contributed by atoms with van der Waals surface area (Å²) in [7, 11) is -2.61. The maximum absolute atomic E-state index is 13.4. The Morgan fingerprint density at radius 1 is 1.26 bits per heavy atom. The molecule has 9 heteroatoms. The van der Waals surface area contributed by atoms with Gasteiger partial charge in [0.1, 0.15) is 5.82 Å². The maximum atomic E-state index is 13.4. The zero-order chi connectivity index (χ0) is 22.2. The number of pyridine rings is 1. The molecule has 164 valence electrons. The van der Waals surface area contributed by atoms with Crippen molar-refractivity contribution in [2.75, 3.05) is 20.2 Å². The van der Waals surface area contributed by atoms with Crippen LogP contribution in [0.3, 0.4) is 0 Å². The van der Waals surface area contributed by atoms with Gasteiger partial charge in [0, 0.05) is 31.7 Å². The van der Waals surface area contributed by atoms with Crippen LogP contribution < -0.4 is 0 Å². The summed E-state index contributed by atoms with van der Waals surface area (Å²) >= 11 is 0. The van der Waals surface area contributed by atoms with E-state index in [2.05, 4.69) is 23.4 Å². The van der Waals surface area contributed by atoms with E-state index in [4.69, 9.17) is 9.72 Å². The fraction of sp³-hybridized carbons (Fsp3) is 0.409. The number of imidazole rings is 1. The van der Waals surface area contributed by atoms with Crippen molar-refractivity contribution in [1.82, 2.24) is 18.8 Å². The van der Waals surface area contributed by atoms with Gasteiger partial charge in [-0.1, -0.05) is 26.0 Å². The molecule has 1 atom stereocenters. The molecule has 4 rings (SSSR count). The smallest absolute Gasteiger partial charge is 0.339 e. The molecular formula is C22H26N4O4S. The van der Waals surface area contributed by atoms with Crippen LogP contribution in [0.4, 0.5) is 0 Å². The summed E-state index contributed by atoms with van der Waals surface area (Å²) in [5.74, 6) is 0.590. The lowest BCUT2D eigenvalue weighted by atomic mass is 10.1. The Labute approximate surface area is 181 Å². The van der Waals surface area contributed by atoms with Crippen molar-refractivity contribution in [3.63, 3.8) is 0 Å². The molecule has 0 aliphatic carbocycles. The van der Waals surface area contributed by atoms with Crippen molar-refractivity contribution in [2.24, 2.45) is 5.92 Å². The molecule has 0 amide bonds. The predicted molar refractivity (Wildman–Crippen MR) is 116 cm³/mol. The zero-order valence-electron chi connectivity index (χ0n) is 17.9. The molecule has 8 nitrogen and oxygen atoms in total. The van der Waals surface area contributed by atoms with Crippen LogP contribution in [-0.4, -0.2) is 53.4 Å². The Hall–Kier alpha value is -2.78. The van der Waals surface area contributed by atoms with Crippen LogP contribution in [0.1, 0.15) is 42.4 Å². The van der Waals surface area contributed by atoms with E-state index in [0.29, 0.717) is 25.4 Å². The normalized spacial score (nSPS) is 17.5. The third-order valence-electron chi connectivity index (χ3n) is 5.55. The average molecular weight is 443 g/mol. The minimum absolute atomic E-state index is 0.0256. The van der Waals surface area contributed by atoms with Crippen LogP contribution in [0.2, 0.25) is 0 Å². The first-order valence-corrected chi connectivity index (χ1v) is 11.7. The van der Waals surface area contributed by atoms with Gasteiger partial charge in [-0.3, -0.25) is 4.98 Å². The Morgan fingerprint density at radius 2 is 2.03 bits per heavy atom. The first-order valence-electron chi connectivity index (χ1n) is 10.3. The van der Waals surface area contributed by atoms with Crippen LogP contribution in [0.25, 0.3) is 11.0 Å². The lowest BCUT2D eigenvalue weighted by molar-refractivity contribution is 0.0596. The molecule has 31 heavy (non-hydrogen) atoms. The highest BCUT2D eigenvalue weighted by molar-refractivity contribution is 7.89. The largest absolute Gasteiger partial charge is 0.465 e. The number of fused-ring (bicyclic) bond motifs is 1. The summed E-state index contributed by atoms with van der Waals surface area (Å²) in [6.45, 7) is 5.74. The van der Waals surface area contributed by atoms with Gasteiger partial charge in [0.2, 0.25) is 10.0 Å². The van der Waals surface area contributed by atoms with Crippen molar-refractivity contribution in [2.45, 2.75) is 37.6 Å². The average Bonchev–Trinajstić information content (AvgIpc) is 3.39. The molecule has 0 N–H and O–H groups in total. The number of hydrogen-bond acceptors (Lipinski definition) is 6. The van der Waals surface area contributed by atoms with Gasteiger partial charge < -0.3 is 9.30 Å². The van der Waals surface area contributed by atoms with Gasteiger partial charge in [-0.2, -0.15) is 4.31 Å². The molecule has 1 aromatic carbocycles. The van der Waals surface area contributed by atoms with Crippen molar-refractivity contribution in [3.8, 4) is 0 Å². The van der Waals surface area contributed by atoms with E-state index in [1.165, 1.54) is 23.5 Å². The molecule has 0 bridgehead atoms. The fourth-order valence-electron chi connectivity index (χ4n) is 4.12. The Bertz CT molecular complexity index is 1220. The molecule has 3 heterocycles. The lowest BCUT2D eigenvalue weighted by Crippen LogP contribution is -2.30. The quantitative estimate of drug-likeness (QED) is 0.545. The van der Waals surface area contributed by atoms with Crippen LogP contribution >= 0.6 is 0 Å². The molecule has 1 aliphatic heterocycles. The van der Waals surface area contributed by atoms with Crippen molar-refractivity contribution in [3.05, 3.63) is 54.1 Å². The van der Waals surface area contributed by atoms with Crippen LogP contribution in [0, 0.1) is 5.92 Å². The summed E-state index contributed by atoms with van der Waals surface area (Å²) < 4.78 is 35.1. The number of aromatic nitrogens is 3. The van der Waals surface area contributed by atoms with E-state index < -0.39 is 16.0 Å². The molecule has 1 saturated heterocycles. The second-order valence-electron chi connectivity index (χ2n) is 8.18. The van der Waals surface area contributed by atoms with Gasteiger partial charge in [-0.15, -0.1) is 0 Å². The fourth-order valence-corrected chi connectivity index (χ4v) is 5.80. The number of sulfonamides is 1. The third kappa shape index (κ3) is 3.95. The van der Waals surface area contributed by atoms with Crippen molar-refractivity contribution in [1.29, 1.82) is 0 Å². The van der Waals surface area contributed by atoms with Gasteiger partial charge in [0.15, 0.2) is 0 Å². The number of hydrogen-bond donors (Lipinski definition) is 0. The lowest BCUT2D eigenvalue weighted by Gasteiger charge is -2.19. The van der Waals surface area contributed by atoms with Gasteiger partial charge in [-0.05, 0) is 30.5 Å². The zero-order valence-corrected chi connectivity index (χ0v) is 18.7. The minimum atomic E-state index is -3.85. The standard InChI is InChI=1S/C22H26N4O4S/c1-15(2)13-26-19-12-23-10-8-18(19)24-21(26)16-9-11-25(14-16)31(28,29)20-7-5-4-6-17(20)22(27)30-3/h4-8,10,12,15-16H,9,11,13-14H2,1-3H3/t16-/m0/s1. The third-order valence-corrected chi connectivity index (χ3v) is 7.48. The summed E-state index contributed by atoms with van der Waals surface area (Å²) in [5, 5.41) is 0. The molecule has 0 unspecified atom stereocenters. The maximum Gasteiger partial charge on any atom is 0.339 e. The number of carbonyl (C=O) groups is 1. The van der Waals surface area contributed by atoms with E-state index in [-0.39, 0.29) is 16.4 Å². The number of methoxy groups -OCH3 is 1. The van der Waals surface area contributed by atoms with E-state index >= 15 is 0 Å². The van der Waals surface area contributed by atoms with Crippen LogP contribution in [-0.2, 0) is 21.3 Å². The Balaban J connectivity index is 1.67. The predicted octanol–water partition coefficient (Wildman–Crippen LogP) is 3.05. The number of carbonyl (C=O) groups excluding carboxylic acids is 1. The van der Waals surface area contributed by atoms with Gasteiger partial charge in [0.25, 0.3) is 0 Å². The highest BCUT2D eigenvalue weighted by Gasteiger charge is 2.37. The summed E-state index contributed by atoms with van der Waals surface area (Å²) in [4.78, 5) is 21.1. The molecule has 2 aromatic heterocycles. The highest BCUT2D eigenvalue weighted by Crippen LogP contribution is 2.33. The SMILES string of the molecule is COC(=O)c1ccccc1S(=O)(=O)N1CC[C@H](c2nc3ccncc3n2CC(C)C)C1. The number of esters is 1. The second-order valence-corrected chi connectivity index (χ2v) is 10.1. The minimum Gasteiger partial charge on any atom is -0.465 e. The van der Waals surface area contributed by atoms with Crippen LogP contribution in [0.15, 0.2) is 47.6 Å². The monoisotopic (exact) mass is 442 g/mol. The molecule has 0 radical (unpaired) electrons. The summed E-state index contributed by atoms with van der Waals surface area (Å²) in [5.41, 5.74) is 1.87. The van der Waals surface area contributed by atoms with E-state index in [1.54, 1.807) is 18.3 Å². The number of nitrogens with zero attached hydrogens (tertiary/aromatic N) is 4. The Morgan fingerprint density at radius 3 is 2.77 bits per heavy atom. The van der Waals surface area contributed by atoms with E-state index in [9.17, 15) is 13.2 Å². The molecule has 0 saturated carbocycles. The van der Waals surface area contributed by atoms with Crippen molar-refractivity contribution >= 4 is 27.0 Å². The number of rotatable bonds is 6. The molecule has 3 aromatic rings. The van der Waals surface area contributed by atoms with Gasteiger partial charge in [-0.25, -0.2) is 18.2 Å². The molecular weight excluding hydrogens is 416 g/mol.